The largest absolute Gasteiger partial charge is 0.311 e. The Labute approximate surface area is 563 Å². The number of benzene rings is 15. The Hall–Kier alpha value is -11.8. The van der Waals surface area contributed by atoms with E-state index in [1.54, 1.807) is 0 Å². The molecule has 0 saturated heterocycles. The topological polar surface area (TPSA) is 11.4 Å². The van der Waals surface area contributed by atoms with Crippen LogP contribution < -0.4 is 67.7 Å². The van der Waals surface area contributed by atoms with Gasteiger partial charge >= 0.3 is 0 Å². The Balaban J connectivity index is 0.976. The molecule has 16 aromatic rings. The normalized spacial score (nSPS) is 12.5. The van der Waals surface area contributed by atoms with Crippen molar-refractivity contribution in [2.24, 2.45) is 0 Å². The molecule has 0 aliphatic carbocycles. The number of anilines is 6. The van der Waals surface area contributed by atoms with Gasteiger partial charge in [-0.1, -0.05) is 334 Å². The van der Waals surface area contributed by atoms with Gasteiger partial charge in [-0.25, -0.2) is 0 Å². The Morgan fingerprint density at radius 1 is 0.229 bits per heavy atom. The average molecular weight is 1250 g/mol. The lowest BCUT2D eigenvalue weighted by molar-refractivity contribution is 1.16. The monoisotopic (exact) mass is 1250 g/mol. The Morgan fingerprint density at radius 2 is 0.625 bits per heavy atom. The minimum Gasteiger partial charge on any atom is -0.311 e. The molecule has 0 atom stereocenters. The highest BCUT2D eigenvalue weighted by molar-refractivity contribution is 7.20. The van der Waals surface area contributed by atoms with Crippen LogP contribution in [-0.4, -0.2) is 27.4 Å². The lowest BCUT2D eigenvalue weighted by Crippen LogP contribution is -2.75. The van der Waals surface area contributed by atoms with Gasteiger partial charge in [0.2, 0.25) is 0 Å². The number of rotatable bonds is 13. The van der Waals surface area contributed by atoms with Crippen molar-refractivity contribution in [1.82, 2.24) is 4.57 Å². The van der Waals surface area contributed by atoms with Gasteiger partial charge in [-0.05, 0) is 129 Å². The van der Waals surface area contributed by atoms with Crippen molar-refractivity contribution in [2.75, 3.05) is 9.80 Å². The number of aromatic nitrogens is 1. The minimum atomic E-state index is -3.09. The van der Waals surface area contributed by atoms with Gasteiger partial charge in [0.05, 0.1) is 16.7 Å². The van der Waals surface area contributed by atoms with Gasteiger partial charge in [-0.15, -0.1) is 0 Å². The zero-order valence-corrected chi connectivity index (χ0v) is 54.9. The number of nitrogens with zero attached hydrogens (tertiary/aromatic N) is 3. The van der Waals surface area contributed by atoms with Crippen LogP contribution >= 0.6 is 0 Å². The molecule has 1 aromatic heterocycles. The average Bonchev–Trinajstić information content (AvgIpc) is 0.699. The number of hydrogen-bond donors (Lipinski definition) is 0. The van der Waals surface area contributed by atoms with E-state index in [2.05, 4.69) is 403 Å². The third kappa shape index (κ3) is 9.01. The molecule has 3 heterocycles. The molecule has 15 aromatic carbocycles. The van der Waals surface area contributed by atoms with E-state index in [-0.39, 0.29) is 6.71 Å². The van der Waals surface area contributed by atoms with Crippen molar-refractivity contribution in [2.45, 2.75) is 0 Å². The van der Waals surface area contributed by atoms with Crippen LogP contribution in [-0.2, 0) is 0 Å². The molecule has 0 fully saturated rings. The summed E-state index contributed by atoms with van der Waals surface area (Å²) in [7, 11) is -6.01. The van der Waals surface area contributed by atoms with E-state index >= 15 is 0 Å². The van der Waals surface area contributed by atoms with Crippen molar-refractivity contribution in [3.63, 3.8) is 0 Å². The molecule has 18 rings (SSSR count). The van der Waals surface area contributed by atoms with E-state index in [9.17, 15) is 0 Å². The minimum absolute atomic E-state index is 0.219. The molecule has 0 radical (unpaired) electrons. The van der Waals surface area contributed by atoms with Gasteiger partial charge in [0.1, 0.15) is 0 Å². The van der Waals surface area contributed by atoms with E-state index in [0.29, 0.717) is 0 Å². The molecule has 0 N–H and O–H groups in total. The van der Waals surface area contributed by atoms with Gasteiger partial charge in [0.25, 0.3) is 6.71 Å². The molecule has 2 aliphatic rings. The van der Waals surface area contributed by atoms with Crippen molar-refractivity contribution in [3.05, 3.63) is 388 Å². The second-order valence-corrected chi connectivity index (χ2v) is 33.0. The number of fused-ring (bicyclic) bond motifs is 7. The molecule has 96 heavy (non-hydrogen) atoms. The van der Waals surface area contributed by atoms with Crippen LogP contribution in [0.5, 0.6) is 0 Å². The first-order valence-corrected chi connectivity index (χ1v) is 37.3. The smallest absolute Gasteiger partial charge is 0.252 e. The highest BCUT2D eigenvalue weighted by Gasteiger charge is 2.48. The molecule has 0 spiro atoms. The Kier molecular flexibility index (Phi) is 14.0. The van der Waals surface area contributed by atoms with Crippen molar-refractivity contribution in [3.8, 4) is 27.9 Å². The third-order valence-electron chi connectivity index (χ3n) is 20.4. The molecule has 0 saturated carbocycles. The third-order valence-corrected chi connectivity index (χ3v) is 30.0. The molecule has 0 bridgehead atoms. The SMILES string of the molecule is c1ccc(-c2cccc(N3c4ccc([Si](c5ccccc5)(c5ccccc5)c5ccccc5)cc4B4c5cccc(-c6ccccc6)c5N(c5ccc([Si](c6ccccc6)(c6ccccc6)c6ccccc6)cc5)c5cc(-n6c7ccccc7c7ccccc76)cc3c54)c2)cc1. The summed E-state index contributed by atoms with van der Waals surface area (Å²) in [5, 5.41) is 13.1. The van der Waals surface area contributed by atoms with E-state index in [1.807, 2.05) is 0 Å². The maximum atomic E-state index is 2.66. The van der Waals surface area contributed by atoms with Gasteiger partial charge in [-0.2, -0.15) is 0 Å². The lowest BCUT2D eigenvalue weighted by atomic mass is 9.33. The van der Waals surface area contributed by atoms with Crippen LogP contribution in [0.3, 0.4) is 0 Å². The number of hydrogen-bond acceptors (Lipinski definition) is 2. The standard InChI is InChI=1S/C90H64BN3Si2/c1-9-31-65(32-10-1)67-35-29-36-69(61-67)92-86-60-59-78(96(74-43-19-6-20-44-74,75-45-21-7-22-46-75)76-47-23-8-24-48-76)64-83(86)91-82-52-30-51-79(66-33-11-2-12-34-66)90(82)94(88-63-70(62-87(92)89(88)91)93-84-53-27-25-49-80(84)81-50-26-28-54-85(81)93)68-55-57-77(58-56-68)95(71-37-13-3-14-38-71,72-39-15-4-16-40-72)73-41-17-5-18-42-73/h1-64H. The summed E-state index contributed by atoms with van der Waals surface area (Å²) in [6.45, 7) is -0.219. The number of para-hydroxylation sites is 3. The van der Waals surface area contributed by atoms with Crippen LogP contribution in [0.15, 0.2) is 388 Å². The van der Waals surface area contributed by atoms with Crippen LogP contribution in [0.25, 0.3) is 49.7 Å². The van der Waals surface area contributed by atoms with Crippen LogP contribution in [0.2, 0.25) is 0 Å². The zero-order chi connectivity index (χ0) is 63.6. The first-order valence-electron chi connectivity index (χ1n) is 33.3. The van der Waals surface area contributed by atoms with E-state index in [4.69, 9.17) is 0 Å². The highest BCUT2D eigenvalue weighted by Crippen LogP contribution is 2.49. The summed E-state index contributed by atoms with van der Waals surface area (Å²) in [6, 6.07) is 147. The summed E-state index contributed by atoms with van der Waals surface area (Å²) >= 11 is 0. The van der Waals surface area contributed by atoms with Crippen molar-refractivity contribution in [1.29, 1.82) is 0 Å². The maximum absolute atomic E-state index is 3.09. The molecule has 0 amide bonds. The summed E-state index contributed by atoms with van der Waals surface area (Å²) in [5.74, 6) is 0. The van der Waals surface area contributed by atoms with E-state index in [1.165, 1.54) is 85.5 Å². The Morgan fingerprint density at radius 3 is 1.12 bits per heavy atom. The predicted molar refractivity (Wildman–Crippen MR) is 413 cm³/mol. The molecular formula is C90H64BN3Si2. The van der Waals surface area contributed by atoms with Crippen LogP contribution in [0.1, 0.15) is 0 Å². The quantitative estimate of drug-likeness (QED) is 0.0842. The predicted octanol–water partition coefficient (Wildman–Crippen LogP) is 15.0. The van der Waals surface area contributed by atoms with E-state index < -0.39 is 16.1 Å². The maximum Gasteiger partial charge on any atom is 0.252 e. The molecule has 3 nitrogen and oxygen atoms in total. The van der Waals surface area contributed by atoms with Gasteiger partial charge in [0.15, 0.2) is 16.1 Å². The van der Waals surface area contributed by atoms with Crippen molar-refractivity contribution >= 4 is 137 Å². The van der Waals surface area contributed by atoms with Crippen LogP contribution in [0, 0.1) is 0 Å². The van der Waals surface area contributed by atoms with Crippen molar-refractivity contribution < 1.29 is 0 Å². The van der Waals surface area contributed by atoms with Gasteiger partial charge < -0.3 is 14.4 Å². The summed E-state index contributed by atoms with van der Waals surface area (Å²) < 4.78 is 2.52. The second kappa shape index (κ2) is 23.6. The van der Waals surface area contributed by atoms with Gasteiger partial charge in [-0.3, -0.25) is 0 Å². The fourth-order valence-corrected chi connectivity index (χ4v) is 26.0. The summed E-state index contributed by atoms with van der Waals surface area (Å²) in [5.41, 5.74) is 18.6. The second-order valence-electron chi connectivity index (χ2n) is 25.4. The summed E-state index contributed by atoms with van der Waals surface area (Å²) in [6.07, 6.45) is 0. The first-order chi connectivity index (χ1) is 47.7. The van der Waals surface area contributed by atoms with Gasteiger partial charge in [0, 0.05) is 50.5 Å². The molecule has 0 unspecified atom stereocenters. The van der Waals surface area contributed by atoms with E-state index in [0.717, 1.165) is 56.3 Å². The fraction of sp³-hybridized carbons (Fsp3) is 0. The zero-order valence-electron chi connectivity index (χ0n) is 52.9. The molecule has 450 valence electrons. The molecule has 6 heteroatoms. The van der Waals surface area contributed by atoms with Crippen LogP contribution in [0.4, 0.5) is 34.1 Å². The summed E-state index contributed by atoms with van der Waals surface area (Å²) in [4.78, 5) is 5.26. The Bertz CT molecular complexity index is 5280. The first kappa shape index (κ1) is 56.9. The lowest BCUT2D eigenvalue weighted by Gasteiger charge is -2.46. The molecule has 2 aliphatic heterocycles. The highest BCUT2D eigenvalue weighted by atomic mass is 28.3. The fourth-order valence-electron chi connectivity index (χ4n) is 16.4. The molecular weight excluding hydrogens is 1190 g/mol.